The number of hydrogen-bond donors (Lipinski definition) is 2. The predicted octanol–water partition coefficient (Wildman–Crippen LogP) is 5.36. The van der Waals surface area contributed by atoms with Crippen LogP contribution >= 0.6 is 11.8 Å². The SMILES string of the molecule is CCCc1ccccc1CCCSc1ccc(C(C)NCCCN)cc1. The number of hydrogen-bond acceptors (Lipinski definition) is 3. The standard InChI is InChI=1S/C23H34N2S/c1-3-8-21-9-4-5-10-22(21)11-6-18-26-23-14-12-20(13-15-23)19(2)25-17-7-16-24/h4-5,9-10,12-15,19,25H,3,6-8,11,16-18,24H2,1-2H3. The van der Waals surface area contributed by atoms with Gasteiger partial charge in [-0.25, -0.2) is 0 Å². The second-order valence-electron chi connectivity index (χ2n) is 6.86. The molecule has 0 amide bonds. The minimum Gasteiger partial charge on any atom is -0.330 e. The highest BCUT2D eigenvalue weighted by Crippen LogP contribution is 2.23. The predicted molar refractivity (Wildman–Crippen MR) is 116 cm³/mol. The normalized spacial score (nSPS) is 12.3. The molecule has 0 spiro atoms. The first-order valence-corrected chi connectivity index (χ1v) is 11.0. The highest BCUT2D eigenvalue weighted by Gasteiger charge is 2.05. The van der Waals surface area contributed by atoms with Gasteiger partial charge in [0.25, 0.3) is 0 Å². The summed E-state index contributed by atoms with van der Waals surface area (Å²) in [7, 11) is 0. The third kappa shape index (κ3) is 7.14. The minimum absolute atomic E-state index is 0.385. The van der Waals surface area contributed by atoms with Crippen LogP contribution in [0.5, 0.6) is 0 Å². The Balaban J connectivity index is 1.74. The summed E-state index contributed by atoms with van der Waals surface area (Å²) in [6.45, 7) is 6.20. The molecule has 0 saturated carbocycles. The fourth-order valence-electron chi connectivity index (χ4n) is 3.16. The van der Waals surface area contributed by atoms with E-state index in [-0.39, 0.29) is 0 Å². The molecule has 1 atom stereocenters. The maximum atomic E-state index is 5.55. The lowest BCUT2D eigenvalue weighted by Gasteiger charge is -2.14. The van der Waals surface area contributed by atoms with Crippen molar-refractivity contribution in [2.75, 3.05) is 18.8 Å². The molecule has 2 nitrogen and oxygen atoms in total. The Kier molecular flexibility index (Phi) is 9.83. The zero-order valence-corrected chi connectivity index (χ0v) is 17.2. The first kappa shape index (κ1) is 21.0. The lowest BCUT2D eigenvalue weighted by atomic mass is 10.00. The third-order valence-corrected chi connectivity index (χ3v) is 5.81. The van der Waals surface area contributed by atoms with Crippen molar-refractivity contribution in [2.24, 2.45) is 5.73 Å². The largest absolute Gasteiger partial charge is 0.330 e. The first-order valence-electron chi connectivity index (χ1n) is 9.97. The molecule has 2 aromatic rings. The average molecular weight is 371 g/mol. The van der Waals surface area contributed by atoms with Gasteiger partial charge in [-0.05, 0) is 80.3 Å². The third-order valence-electron chi connectivity index (χ3n) is 4.71. The van der Waals surface area contributed by atoms with Gasteiger partial charge in [-0.1, -0.05) is 49.7 Å². The summed E-state index contributed by atoms with van der Waals surface area (Å²) in [5.41, 5.74) is 9.95. The van der Waals surface area contributed by atoms with Gasteiger partial charge in [-0.3, -0.25) is 0 Å². The maximum absolute atomic E-state index is 5.55. The summed E-state index contributed by atoms with van der Waals surface area (Å²) in [6, 6.07) is 18.3. The van der Waals surface area contributed by atoms with Crippen LogP contribution in [0, 0.1) is 0 Å². The number of benzene rings is 2. The van der Waals surface area contributed by atoms with Crippen LogP contribution in [-0.4, -0.2) is 18.8 Å². The van der Waals surface area contributed by atoms with E-state index < -0.39 is 0 Å². The summed E-state index contributed by atoms with van der Waals surface area (Å²) >= 11 is 1.96. The molecule has 2 aromatic carbocycles. The molecule has 0 fully saturated rings. The van der Waals surface area contributed by atoms with Gasteiger partial charge >= 0.3 is 0 Å². The van der Waals surface area contributed by atoms with E-state index >= 15 is 0 Å². The molecular formula is C23H34N2S. The van der Waals surface area contributed by atoms with E-state index in [2.05, 4.69) is 67.7 Å². The van der Waals surface area contributed by atoms with Crippen molar-refractivity contribution in [1.29, 1.82) is 0 Å². The molecule has 142 valence electrons. The van der Waals surface area contributed by atoms with Crippen molar-refractivity contribution in [3.05, 3.63) is 65.2 Å². The molecule has 2 rings (SSSR count). The summed E-state index contributed by atoms with van der Waals surface area (Å²) in [5, 5.41) is 3.52. The van der Waals surface area contributed by atoms with Crippen molar-refractivity contribution in [3.8, 4) is 0 Å². The van der Waals surface area contributed by atoms with Crippen LogP contribution in [0.4, 0.5) is 0 Å². The number of nitrogens with two attached hydrogens (primary N) is 1. The Labute approximate surface area is 164 Å². The summed E-state index contributed by atoms with van der Waals surface area (Å²) < 4.78 is 0. The van der Waals surface area contributed by atoms with Crippen LogP contribution < -0.4 is 11.1 Å². The van der Waals surface area contributed by atoms with E-state index in [9.17, 15) is 0 Å². The number of aryl methyl sites for hydroxylation is 2. The molecule has 0 aliphatic rings. The van der Waals surface area contributed by atoms with Gasteiger partial charge in [-0.2, -0.15) is 0 Å². The van der Waals surface area contributed by atoms with Crippen LogP contribution in [0.15, 0.2) is 53.4 Å². The van der Waals surface area contributed by atoms with E-state index in [1.807, 2.05) is 11.8 Å². The molecule has 0 bridgehead atoms. The molecule has 0 radical (unpaired) electrons. The van der Waals surface area contributed by atoms with E-state index in [0.29, 0.717) is 6.04 Å². The number of nitrogens with one attached hydrogen (secondary N) is 1. The average Bonchev–Trinajstić information content (AvgIpc) is 2.67. The monoisotopic (exact) mass is 370 g/mol. The Hall–Kier alpha value is -1.29. The van der Waals surface area contributed by atoms with Crippen LogP contribution in [0.1, 0.15) is 55.8 Å². The maximum Gasteiger partial charge on any atom is 0.0291 e. The van der Waals surface area contributed by atoms with Gasteiger partial charge in [0.2, 0.25) is 0 Å². The molecule has 1 unspecified atom stereocenters. The highest BCUT2D eigenvalue weighted by molar-refractivity contribution is 7.99. The van der Waals surface area contributed by atoms with Crippen molar-refractivity contribution < 1.29 is 0 Å². The molecule has 3 N–H and O–H groups in total. The van der Waals surface area contributed by atoms with E-state index in [1.165, 1.54) is 53.0 Å². The van der Waals surface area contributed by atoms with E-state index in [1.54, 1.807) is 0 Å². The fraction of sp³-hybridized carbons (Fsp3) is 0.478. The quantitative estimate of drug-likeness (QED) is 0.390. The molecule has 0 saturated heterocycles. The number of thioether (sulfide) groups is 1. The summed E-state index contributed by atoms with van der Waals surface area (Å²) in [6.07, 6.45) is 5.85. The highest BCUT2D eigenvalue weighted by atomic mass is 32.2. The number of rotatable bonds is 12. The molecule has 0 aliphatic heterocycles. The Morgan fingerprint density at radius 2 is 1.65 bits per heavy atom. The van der Waals surface area contributed by atoms with Crippen LogP contribution in [0.25, 0.3) is 0 Å². The van der Waals surface area contributed by atoms with Crippen LogP contribution in [-0.2, 0) is 12.8 Å². The lowest BCUT2D eigenvalue weighted by Crippen LogP contribution is -2.21. The summed E-state index contributed by atoms with van der Waals surface area (Å²) in [5.74, 6) is 1.17. The van der Waals surface area contributed by atoms with Gasteiger partial charge < -0.3 is 11.1 Å². The molecule has 0 aromatic heterocycles. The second kappa shape index (κ2) is 12.2. The topological polar surface area (TPSA) is 38.0 Å². The fourth-order valence-corrected chi connectivity index (χ4v) is 4.01. The van der Waals surface area contributed by atoms with Crippen molar-refractivity contribution in [1.82, 2.24) is 5.32 Å². The lowest BCUT2D eigenvalue weighted by molar-refractivity contribution is 0.561. The Morgan fingerprint density at radius 1 is 0.962 bits per heavy atom. The van der Waals surface area contributed by atoms with Gasteiger partial charge in [0.05, 0.1) is 0 Å². The summed E-state index contributed by atoms with van der Waals surface area (Å²) in [4.78, 5) is 1.37. The van der Waals surface area contributed by atoms with E-state index in [0.717, 1.165) is 19.5 Å². The molecule has 0 aliphatic carbocycles. The van der Waals surface area contributed by atoms with Gasteiger partial charge in [0, 0.05) is 10.9 Å². The van der Waals surface area contributed by atoms with Crippen molar-refractivity contribution in [2.45, 2.75) is 56.9 Å². The van der Waals surface area contributed by atoms with E-state index in [4.69, 9.17) is 5.73 Å². The molecule has 3 heteroatoms. The second-order valence-corrected chi connectivity index (χ2v) is 8.03. The van der Waals surface area contributed by atoms with Gasteiger partial charge in [0.1, 0.15) is 0 Å². The Morgan fingerprint density at radius 3 is 2.31 bits per heavy atom. The minimum atomic E-state index is 0.385. The molecule has 26 heavy (non-hydrogen) atoms. The zero-order chi connectivity index (χ0) is 18.6. The smallest absolute Gasteiger partial charge is 0.0291 e. The first-order chi connectivity index (χ1) is 12.7. The zero-order valence-electron chi connectivity index (χ0n) is 16.3. The van der Waals surface area contributed by atoms with Gasteiger partial charge in [-0.15, -0.1) is 11.8 Å². The van der Waals surface area contributed by atoms with Crippen LogP contribution in [0.2, 0.25) is 0 Å². The Bertz CT molecular complexity index is 624. The van der Waals surface area contributed by atoms with Crippen molar-refractivity contribution in [3.63, 3.8) is 0 Å². The molecular weight excluding hydrogens is 336 g/mol. The van der Waals surface area contributed by atoms with Crippen LogP contribution in [0.3, 0.4) is 0 Å². The van der Waals surface area contributed by atoms with Crippen molar-refractivity contribution >= 4 is 11.8 Å². The molecule has 0 heterocycles. The van der Waals surface area contributed by atoms with Gasteiger partial charge in [0.15, 0.2) is 0 Å².